The molecule has 3 heterocycles. The Morgan fingerprint density at radius 3 is 2.59 bits per heavy atom. The second-order valence-electron chi connectivity index (χ2n) is 7.98. The van der Waals surface area contributed by atoms with Gasteiger partial charge in [0.05, 0.1) is 11.9 Å². The van der Waals surface area contributed by atoms with E-state index in [9.17, 15) is 5.26 Å². The van der Waals surface area contributed by atoms with Crippen LogP contribution >= 0.6 is 0 Å². The molecule has 0 aliphatic heterocycles. The molecule has 6 heteroatoms. The van der Waals surface area contributed by atoms with E-state index in [1.807, 2.05) is 42.7 Å². The van der Waals surface area contributed by atoms with Crippen molar-refractivity contribution in [1.29, 1.82) is 5.26 Å². The van der Waals surface area contributed by atoms with Crippen molar-refractivity contribution in [3.63, 3.8) is 0 Å². The van der Waals surface area contributed by atoms with Crippen molar-refractivity contribution in [1.82, 2.24) is 15.0 Å². The largest absolute Gasteiger partial charge is 0.361 e. The summed E-state index contributed by atoms with van der Waals surface area (Å²) in [5.74, 6) is 0.595. The minimum atomic E-state index is 0.00389. The van der Waals surface area contributed by atoms with Gasteiger partial charge in [0.1, 0.15) is 17.6 Å². The van der Waals surface area contributed by atoms with Gasteiger partial charge in [0.2, 0.25) is 0 Å². The van der Waals surface area contributed by atoms with Gasteiger partial charge in [-0.3, -0.25) is 4.98 Å². The van der Waals surface area contributed by atoms with E-state index in [0.717, 1.165) is 33.5 Å². The van der Waals surface area contributed by atoms with E-state index in [1.54, 1.807) is 12.3 Å². The molecule has 0 saturated carbocycles. The van der Waals surface area contributed by atoms with Crippen LogP contribution in [0.25, 0.3) is 10.9 Å². The zero-order chi connectivity index (χ0) is 20.4. The second-order valence-corrected chi connectivity index (χ2v) is 7.98. The van der Waals surface area contributed by atoms with Crippen LogP contribution in [0.1, 0.15) is 32.0 Å². The van der Waals surface area contributed by atoms with E-state index in [0.29, 0.717) is 11.5 Å². The number of aromatic nitrogens is 3. The highest BCUT2D eigenvalue weighted by atomic mass is 15.0. The molecule has 3 N–H and O–H groups in total. The summed E-state index contributed by atoms with van der Waals surface area (Å²) in [6, 6.07) is 15.9. The van der Waals surface area contributed by atoms with Gasteiger partial charge >= 0.3 is 0 Å². The summed E-state index contributed by atoms with van der Waals surface area (Å²) in [6.45, 7) is 6.45. The first-order valence-electron chi connectivity index (χ1n) is 9.40. The number of nitrogens with one attached hydrogen (secondary N) is 3. The average molecular weight is 382 g/mol. The van der Waals surface area contributed by atoms with Crippen molar-refractivity contribution in [2.45, 2.75) is 26.2 Å². The minimum absolute atomic E-state index is 0.00389. The SMILES string of the molecule is CC(C)(C)c1cncc(Nc2cc(C#N)nc(Nc3ccc4cc[nH]c4c3)c2)c1. The van der Waals surface area contributed by atoms with Crippen LogP contribution < -0.4 is 10.6 Å². The Hall–Kier alpha value is -3.85. The van der Waals surface area contributed by atoms with Crippen molar-refractivity contribution in [3.05, 3.63) is 72.3 Å². The molecule has 0 aliphatic rings. The van der Waals surface area contributed by atoms with Crippen LogP contribution in [0, 0.1) is 11.3 Å². The maximum absolute atomic E-state index is 9.40. The molecule has 0 spiro atoms. The third-order valence-corrected chi connectivity index (χ3v) is 4.66. The van der Waals surface area contributed by atoms with Crippen LogP contribution in [-0.4, -0.2) is 15.0 Å². The smallest absolute Gasteiger partial charge is 0.144 e. The maximum Gasteiger partial charge on any atom is 0.144 e. The summed E-state index contributed by atoms with van der Waals surface area (Å²) in [5.41, 5.74) is 5.04. The summed E-state index contributed by atoms with van der Waals surface area (Å²) in [4.78, 5) is 11.9. The van der Waals surface area contributed by atoms with Gasteiger partial charge in [0.15, 0.2) is 0 Å². The highest BCUT2D eigenvalue weighted by Crippen LogP contribution is 2.27. The van der Waals surface area contributed by atoms with Crippen molar-refractivity contribution in [2.75, 3.05) is 10.6 Å². The molecular weight excluding hydrogens is 360 g/mol. The predicted molar refractivity (Wildman–Crippen MR) is 117 cm³/mol. The van der Waals surface area contributed by atoms with Crippen LogP contribution in [0.2, 0.25) is 0 Å². The lowest BCUT2D eigenvalue weighted by Gasteiger charge is -2.19. The van der Waals surface area contributed by atoms with Gasteiger partial charge < -0.3 is 15.6 Å². The van der Waals surface area contributed by atoms with Crippen molar-refractivity contribution in [2.24, 2.45) is 0 Å². The number of nitriles is 1. The molecule has 0 amide bonds. The molecule has 0 saturated heterocycles. The summed E-state index contributed by atoms with van der Waals surface area (Å²) in [7, 11) is 0. The molecule has 4 aromatic rings. The van der Waals surface area contributed by atoms with Crippen molar-refractivity contribution >= 4 is 33.8 Å². The number of hydrogen-bond donors (Lipinski definition) is 3. The Kier molecular flexibility index (Phi) is 4.65. The van der Waals surface area contributed by atoms with Gasteiger partial charge in [-0.1, -0.05) is 26.8 Å². The fourth-order valence-electron chi connectivity index (χ4n) is 3.08. The Morgan fingerprint density at radius 2 is 1.79 bits per heavy atom. The lowest BCUT2D eigenvalue weighted by atomic mass is 9.88. The molecule has 4 rings (SSSR count). The zero-order valence-electron chi connectivity index (χ0n) is 16.6. The molecule has 144 valence electrons. The fraction of sp³-hybridized carbons (Fsp3) is 0.174. The Bertz CT molecular complexity index is 1210. The molecule has 0 bridgehead atoms. The molecule has 1 aromatic carbocycles. The third-order valence-electron chi connectivity index (χ3n) is 4.66. The number of rotatable bonds is 4. The number of aromatic amines is 1. The highest BCUT2D eigenvalue weighted by molar-refractivity contribution is 5.83. The van der Waals surface area contributed by atoms with E-state index in [-0.39, 0.29) is 5.41 Å². The van der Waals surface area contributed by atoms with Crippen LogP contribution in [0.3, 0.4) is 0 Å². The molecule has 3 aromatic heterocycles. The standard InChI is InChI=1S/C23H22N6/c1-23(2,3)16-8-20(14-25-13-16)27-18-9-19(12-24)29-22(11-18)28-17-5-4-15-6-7-26-21(15)10-17/h4-11,13-14,26H,1-3H3,(H2,27,28,29). The number of H-pyrrole nitrogens is 1. The van der Waals surface area contributed by atoms with Crippen LogP contribution in [0.4, 0.5) is 22.9 Å². The molecule has 29 heavy (non-hydrogen) atoms. The Balaban J connectivity index is 1.62. The zero-order valence-corrected chi connectivity index (χ0v) is 16.6. The first-order chi connectivity index (χ1) is 13.9. The highest BCUT2D eigenvalue weighted by Gasteiger charge is 2.14. The topological polar surface area (TPSA) is 89.4 Å². The minimum Gasteiger partial charge on any atom is -0.361 e. The molecule has 6 nitrogen and oxygen atoms in total. The van der Waals surface area contributed by atoms with E-state index in [4.69, 9.17) is 0 Å². The van der Waals surface area contributed by atoms with E-state index in [1.165, 1.54) is 0 Å². The number of hydrogen-bond acceptors (Lipinski definition) is 5. The van der Waals surface area contributed by atoms with E-state index in [2.05, 4.69) is 58.5 Å². The second kappa shape index (κ2) is 7.28. The maximum atomic E-state index is 9.40. The lowest BCUT2D eigenvalue weighted by molar-refractivity contribution is 0.588. The van der Waals surface area contributed by atoms with Crippen LogP contribution in [0.15, 0.2) is 61.1 Å². The first kappa shape index (κ1) is 18.5. The number of fused-ring (bicyclic) bond motifs is 1. The van der Waals surface area contributed by atoms with Crippen molar-refractivity contribution in [3.8, 4) is 6.07 Å². The van der Waals surface area contributed by atoms with Crippen molar-refractivity contribution < 1.29 is 0 Å². The summed E-state index contributed by atoms with van der Waals surface area (Å²) >= 11 is 0. The van der Waals surface area contributed by atoms with Gasteiger partial charge in [0, 0.05) is 35.4 Å². The first-order valence-corrected chi connectivity index (χ1v) is 9.40. The summed E-state index contributed by atoms with van der Waals surface area (Å²) in [6.07, 6.45) is 5.56. The molecule has 0 atom stereocenters. The Labute approximate surface area is 169 Å². The number of anilines is 4. The van der Waals surface area contributed by atoms with Gasteiger partial charge in [-0.25, -0.2) is 4.98 Å². The quantitative estimate of drug-likeness (QED) is 0.426. The third kappa shape index (κ3) is 4.19. The molecule has 0 fully saturated rings. The molecule has 0 aliphatic carbocycles. The Morgan fingerprint density at radius 1 is 0.931 bits per heavy atom. The lowest BCUT2D eigenvalue weighted by Crippen LogP contribution is -2.11. The monoisotopic (exact) mass is 382 g/mol. The van der Waals surface area contributed by atoms with E-state index < -0.39 is 0 Å². The van der Waals surface area contributed by atoms with E-state index >= 15 is 0 Å². The van der Waals surface area contributed by atoms with Crippen LogP contribution in [-0.2, 0) is 5.41 Å². The predicted octanol–water partition coefficient (Wildman–Crippen LogP) is 5.61. The molecule has 0 unspecified atom stereocenters. The van der Waals surface area contributed by atoms with Gasteiger partial charge in [-0.05, 0) is 46.7 Å². The molecule has 0 radical (unpaired) electrons. The number of pyridine rings is 2. The van der Waals surface area contributed by atoms with Crippen LogP contribution in [0.5, 0.6) is 0 Å². The number of benzene rings is 1. The molecular formula is C23H22N6. The average Bonchev–Trinajstić information content (AvgIpc) is 3.15. The summed E-state index contributed by atoms with van der Waals surface area (Å²) in [5, 5.41) is 17.2. The van der Waals surface area contributed by atoms with Gasteiger partial charge in [-0.15, -0.1) is 0 Å². The fourth-order valence-corrected chi connectivity index (χ4v) is 3.08. The summed E-state index contributed by atoms with van der Waals surface area (Å²) < 4.78 is 0. The van der Waals surface area contributed by atoms with Gasteiger partial charge in [-0.2, -0.15) is 5.26 Å². The van der Waals surface area contributed by atoms with Gasteiger partial charge in [0.25, 0.3) is 0 Å². The number of nitrogens with zero attached hydrogens (tertiary/aromatic N) is 3. The normalized spacial score (nSPS) is 11.2.